The molecule has 0 atom stereocenters. The Bertz CT molecular complexity index is 549. The van der Waals surface area contributed by atoms with Gasteiger partial charge in [-0.15, -0.1) is 0 Å². The topological polar surface area (TPSA) is 80.6 Å². The van der Waals surface area contributed by atoms with Crippen LogP contribution in [-0.2, 0) is 21.3 Å². The van der Waals surface area contributed by atoms with Gasteiger partial charge in [0.05, 0.1) is 19.8 Å². The molecule has 0 unspecified atom stereocenters. The monoisotopic (exact) mass is 316 g/mol. The van der Waals surface area contributed by atoms with Gasteiger partial charge in [-0.25, -0.2) is 13.1 Å². The predicted octanol–water partition coefficient (Wildman–Crippen LogP) is 1.65. The highest BCUT2D eigenvalue weighted by Crippen LogP contribution is 2.13. The molecule has 0 amide bonds. The van der Waals surface area contributed by atoms with E-state index in [1.165, 1.54) is 6.07 Å². The van der Waals surface area contributed by atoms with Crippen LogP contribution in [0.2, 0.25) is 0 Å². The van der Waals surface area contributed by atoms with Crippen LogP contribution in [0.25, 0.3) is 0 Å². The Balaban J connectivity index is 2.45. The number of nitrogens with one attached hydrogen (secondary N) is 2. The van der Waals surface area contributed by atoms with E-state index >= 15 is 0 Å². The SMILES string of the molecule is C=C(C)COCCNS(=O)(=O)c1ccc(CNC(C)C)o1. The molecular weight excluding hydrogens is 292 g/mol. The molecule has 0 aliphatic rings. The van der Waals surface area contributed by atoms with Crippen molar-refractivity contribution in [3.63, 3.8) is 0 Å². The van der Waals surface area contributed by atoms with E-state index in [-0.39, 0.29) is 18.2 Å². The van der Waals surface area contributed by atoms with Gasteiger partial charge in [0.1, 0.15) is 5.76 Å². The molecule has 1 rings (SSSR count). The molecule has 0 aromatic carbocycles. The molecular formula is C14H24N2O4S. The largest absolute Gasteiger partial charge is 0.447 e. The summed E-state index contributed by atoms with van der Waals surface area (Å²) in [5.74, 6) is 0.586. The summed E-state index contributed by atoms with van der Waals surface area (Å²) in [6, 6.07) is 3.41. The molecule has 6 nitrogen and oxygen atoms in total. The summed E-state index contributed by atoms with van der Waals surface area (Å²) in [6.45, 7) is 11.0. The van der Waals surface area contributed by atoms with Gasteiger partial charge in [0.25, 0.3) is 10.0 Å². The fourth-order valence-electron chi connectivity index (χ4n) is 1.47. The highest BCUT2D eigenvalue weighted by atomic mass is 32.2. The zero-order valence-corrected chi connectivity index (χ0v) is 13.6. The Morgan fingerprint density at radius 2 is 2.14 bits per heavy atom. The van der Waals surface area contributed by atoms with Gasteiger partial charge in [-0.2, -0.15) is 0 Å². The highest BCUT2D eigenvalue weighted by molar-refractivity contribution is 7.89. The summed E-state index contributed by atoms with van der Waals surface area (Å²) in [4.78, 5) is 0. The lowest BCUT2D eigenvalue weighted by Crippen LogP contribution is -2.27. The van der Waals surface area contributed by atoms with Crippen molar-refractivity contribution >= 4 is 10.0 Å². The molecule has 0 saturated heterocycles. The van der Waals surface area contributed by atoms with Crippen molar-refractivity contribution in [2.24, 2.45) is 0 Å². The van der Waals surface area contributed by atoms with Gasteiger partial charge in [0.2, 0.25) is 5.09 Å². The number of ether oxygens (including phenoxy) is 1. The van der Waals surface area contributed by atoms with Crippen molar-refractivity contribution in [3.05, 3.63) is 30.0 Å². The van der Waals surface area contributed by atoms with Crippen LogP contribution >= 0.6 is 0 Å². The minimum Gasteiger partial charge on any atom is -0.447 e. The second kappa shape index (κ2) is 8.33. The van der Waals surface area contributed by atoms with Crippen molar-refractivity contribution in [2.45, 2.75) is 38.5 Å². The van der Waals surface area contributed by atoms with Crippen molar-refractivity contribution in [2.75, 3.05) is 19.8 Å². The molecule has 0 aliphatic carbocycles. The molecule has 0 saturated carbocycles. The first-order valence-corrected chi connectivity index (χ1v) is 8.33. The quantitative estimate of drug-likeness (QED) is 0.507. The minimum absolute atomic E-state index is 0.0806. The van der Waals surface area contributed by atoms with Gasteiger partial charge in [-0.05, 0) is 19.1 Å². The Labute approximate surface area is 126 Å². The second-order valence-corrected chi connectivity index (χ2v) is 6.86. The normalized spacial score (nSPS) is 12.0. The fourth-order valence-corrected chi connectivity index (χ4v) is 2.43. The van der Waals surface area contributed by atoms with Crippen molar-refractivity contribution in [1.29, 1.82) is 0 Å². The molecule has 1 aromatic heterocycles. The summed E-state index contributed by atoms with van der Waals surface area (Å²) >= 11 is 0. The fraction of sp³-hybridized carbons (Fsp3) is 0.571. The van der Waals surface area contributed by atoms with Crippen LogP contribution in [0, 0.1) is 0 Å². The Morgan fingerprint density at radius 3 is 2.76 bits per heavy atom. The van der Waals surface area contributed by atoms with Crippen molar-refractivity contribution < 1.29 is 17.6 Å². The first-order valence-electron chi connectivity index (χ1n) is 6.85. The van der Waals surface area contributed by atoms with Crippen LogP contribution in [0.4, 0.5) is 0 Å². The van der Waals surface area contributed by atoms with Gasteiger partial charge in [-0.1, -0.05) is 26.0 Å². The summed E-state index contributed by atoms with van der Waals surface area (Å²) in [7, 11) is -3.63. The first-order chi connectivity index (χ1) is 9.81. The molecule has 0 radical (unpaired) electrons. The van der Waals surface area contributed by atoms with Crippen LogP contribution < -0.4 is 10.0 Å². The molecule has 1 aromatic rings. The van der Waals surface area contributed by atoms with E-state index in [2.05, 4.69) is 16.6 Å². The summed E-state index contributed by atoms with van der Waals surface area (Å²) < 4.78 is 37.0. The second-order valence-electron chi connectivity index (χ2n) is 5.16. The summed E-state index contributed by atoms with van der Waals surface area (Å²) in [5.41, 5.74) is 0.895. The maximum absolute atomic E-state index is 12.0. The van der Waals surface area contributed by atoms with E-state index in [9.17, 15) is 8.42 Å². The van der Waals surface area contributed by atoms with Crippen LogP contribution in [0.5, 0.6) is 0 Å². The Hall–Kier alpha value is -1.15. The van der Waals surface area contributed by atoms with Gasteiger partial charge >= 0.3 is 0 Å². The maximum atomic E-state index is 12.0. The van der Waals surface area contributed by atoms with E-state index in [1.54, 1.807) is 6.07 Å². The third-order valence-electron chi connectivity index (χ3n) is 2.47. The highest BCUT2D eigenvalue weighted by Gasteiger charge is 2.18. The molecule has 1 heterocycles. The molecule has 0 aliphatic heterocycles. The van der Waals surface area contributed by atoms with Crippen molar-refractivity contribution in [1.82, 2.24) is 10.0 Å². The predicted molar refractivity (Wildman–Crippen MR) is 81.5 cm³/mol. The molecule has 2 N–H and O–H groups in total. The van der Waals surface area contributed by atoms with E-state index < -0.39 is 10.0 Å². The van der Waals surface area contributed by atoms with Gasteiger partial charge in [-0.3, -0.25) is 0 Å². The molecule has 0 fully saturated rings. The van der Waals surface area contributed by atoms with Crippen LogP contribution in [0.15, 0.2) is 33.8 Å². The number of hydrogen-bond donors (Lipinski definition) is 2. The van der Waals surface area contributed by atoms with Gasteiger partial charge < -0.3 is 14.5 Å². The van der Waals surface area contributed by atoms with Gasteiger partial charge in [0.15, 0.2) is 0 Å². The lowest BCUT2D eigenvalue weighted by Gasteiger charge is -2.06. The van der Waals surface area contributed by atoms with Crippen LogP contribution in [-0.4, -0.2) is 34.2 Å². The molecule has 120 valence electrons. The number of furan rings is 1. The summed E-state index contributed by atoms with van der Waals surface area (Å²) in [5, 5.41) is 3.08. The Kier molecular flexibility index (Phi) is 7.10. The first kappa shape index (κ1) is 17.9. The van der Waals surface area contributed by atoms with Crippen molar-refractivity contribution in [3.8, 4) is 0 Å². The van der Waals surface area contributed by atoms with E-state index in [0.717, 1.165) is 5.57 Å². The van der Waals surface area contributed by atoms with E-state index in [0.29, 0.717) is 25.0 Å². The maximum Gasteiger partial charge on any atom is 0.274 e. The summed E-state index contributed by atoms with van der Waals surface area (Å²) in [6.07, 6.45) is 0. The standard InChI is InChI=1S/C14H24N2O4S/c1-11(2)10-19-8-7-16-21(17,18)14-6-5-13(20-14)9-15-12(3)4/h5-6,12,15-16H,1,7-10H2,2-4H3. The zero-order chi connectivity index (χ0) is 15.9. The zero-order valence-electron chi connectivity index (χ0n) is 12.8. The molecule has 21 heavy (non-hydrogen) atoms. The van der Waals surface area contributed by atoms with Crippen LogP contribution in [0.3, 0.4) is 0 Å². The number of rotatable bonds is 10. The smallest absolute Gasteiger partial charge is 0.274 e. The van der Waals surface area contributed by atoms with E-state index in [4.69, 9.17) is 9.15 Å². The van der Waals surface area contributed by atoms with E-state index in [1.807, 2.05) is 20.8 Å². The Morgan fingerprint density at radius 1 is 1.43 bits per heavy atom. The third-order valence-corrected chi connectivity index (χ3v) is 3.81. The lowest BCUT2D eigenvalue weighted by molar-refractivity contribution is 0.162. The molecule has 0 bridgehead atoms. The van der Waals surface area contributed by atoms with Gasteiger partial charge in [0, 0.05) is 12.6 Å². The molecule has 7 heteroatoms. The number of sulfonamides is 1. The van der Waals surface area contributed by atoms with Crippen LogP contribution in [0.1, 0.15) is 26.5 Å². The third kappa shape index (κ3) is 6.90. The lowest BCUT2D eigenvalue weighted by atomic mass is 10.3. The average molecular weight is 316 g/mol. The minimum atomic E-state index is -3.63. The molecule has 0 spiro atoms. The number of hydrogen-bond acceptors (Lipinski definition) is 5. The average Bonchev–Trinajstić information content (AvgIpc) is 2.85.